The molecule has 0 fully saturated rings. The number of hydrogen-bond acceptors (Lipinski definition) is 0. The maximum absolute atomic E-state index is 13.7. The number of halogens is 4. The second kappa shape index (κ2) is 5.92. The van der Waals surface area contributed by atoms with Crippen LogP contribution in [0.4, 0.5) is 4.39 Å². The van der Waals surface area contributed by atoms with Crippen LogP contribution in [-0.4, -0.2) is 0 Å². The van der Waals surface area contributed by atoms with E-state index in [4.69, 9.17) is 34.8 Å². The summed E-state index contributed by atoms with van der Waals surface area (Å²) in [6.07, 6.45) is 0.472. The lowest BCUT2D eigenvalue weighted by atomic mass is 10.0. The largest absolute Gasteiger partial charge is 0.207 e. The van der Waals surface area contributed by atoms with Gasteiger partial charge in [0.1, 0.15) is 5.82 Å². The minimum Gasteiger partial charge on any atom is -0.207 e. The zero-order valence-electron chi connectivity index (χ0n) is 9.34. The topological polar surface area (TPSA) is 0 Å². The highest BCUT2D eigenvalue weighted by atomic mass is 35.5. The van der Waals surface area contributed by atoms with Gasteiger partial charge in [-0.25, -0.2) is 4.39 Å². The molecule has 2 rings (SSSR count). The standard InChI is InChI=1S/C14H10Cl3F/c15-10-5-6-11(14(18)8-10)13(17)7-9-3-1-2-4-12(9)16/h1-6,8,13H,7H2. The Morgan fingerprint density at radius 3 is 2.44 bits per heavy atom. The Morgan fingerprint density at radius 1 is 1.06 bits per heavy atom. The molecule has 0 amide bonds. The Morgan fingerprint density at radius 2 is 1.78 bits per heavy atom. The first-order valence-electron chi connectivity index (χ1n) is 5.40. The highest BCUT2D eigenvalue weighted by Gasteiger charge is 2.15. The predicted octanol–water partition coefficient (Wildman–Crippen LogP) is 5.66. The summed E-state index contributed by atoms with van der Waals surface area (Å²) in [5.41, 5.74) is 1.33. The summed E-state index contributed by atoms with van der Waals surface area (Å²) < 4.78 is 13.7. The van der Waals surface area contributed by atoms with E-state index < -0.39 is 11.2 Å². The van der Waals surface area contributed by atoms with E-state index in [-0.39, 0.29) is 0 Å². The summed E-state index contributed by atoms with van der Waals surface area (Å²) in [6.45, 7) is 0. The van der Waals surface area contributed by atoms with Crippen molar-refractivity contribution in [3.05, 3.63) is 69.5 Å². The predicted molar refractivity (Wildman–Crippen MR) is 75.2 cm³/mol. The zero-order chi connectivity index (χ0) is 13.1. The lowest BCUT2D eigenvalue weighted by molar-refractivity contribution is 0.606. The van der Waals surface area contributed by atoms with Crippen molar-refractivity contribution in [2.75, 3.05) is 0 Å². The lowest BCUT2D eigenvalue weighted by Gasteiger charge is -2.12. The minimum atomic E-state index is -0.470. The van der Waals surface area contributed by atoms with Crippen molar-refractivity contribution < 1.29 is 4.39 Å². The summed E-state index contributed by atoms with van der Waals surface area (Å²) in [5, 5.41) is 0.526. The van der Waals surface area contributed by atoms with Gasteiger partial charge in [0.05, 0.1) is 5.38 Å². The van der Waals surface area contributed by atoms with Crippen LogP contribution in [0.5, 0.6) is 0 Å². The van der Waals surface area contributed by atoms with Gasteiger partial charge < -0.3 is 0 Å². The average Bonchev–Trinajstić information content (AvgIpc) is 2.32. The third kappa shape index (κ3) is 3.17. The number of hydrogen-bond donors (Lipinski definition) is 0. The van der Waals surface area contributed by atoms with Crippen LogP contribution in [0.3, 0.4) is 0 Å². The van der Waals surface area contributed by atoms with Crippen molar-refractivity contribution in [3.8, 4) is 0 Å². The van der Waals surface area contributed by atoms with Crippen molar-refractivity contribution in [1.29, 1.82) is 0 Å². The first-order valence-corrected chi connectivity index (χ1v) is 6.59. The molecule has 1 atom stereocenters. The molecule has 0 saturated heterocycles. The highest BCUT2D eigenvalue weighted by Crippen LogP contribution is 2.30. The van der Waals surface area contributed by atoms with Gasteiger partial charge in [0.2, 0.25) is 0 Å². The first-order chi connectivity index (χ1) is 8.58. The van der Waals surface area contributed by atoms with E-state index in [0.717, 1.165) is 5.56 Å². The summed E-state index contributed by atoms with van der Waals surface area (Å²) in [6, 6.07) is 11.9. The number of alkyl halides is 1. The Hall–Kier alpha value is -0.760. The highest BCUT2D eigenvalue weighted by molar-refractivity contribution is 6.31. The van der Waals surface area contributed by atoms with Gasteiger partial charge in [0, 0.05) is 15.6 Å². The maximum Gasteiger partial charge on any atom is 0.129 e. The molecule has 0 aliphatic carbocycles. The van der Waals surface area contributed by atoms with E-state index in [9.17, 15) is 4.39 Å². The summed E-state index contributed by atoms with van der Waals surface area (Å²) in [4.78, 5) is 0. The molecule has 0 aliphatic heterocycles. The molecule has 4 heteroatoms. The Balaban J connectivity index is 2.22. The van der Waals surface area contributed by atoms with Gasteiger partial charge in [-0.15, -0.1) is 11.6 Å². The Bertz CT molecular complexity index is 554. The smallest absolute Gasteiger partial charge is 0.129 e. The van der Waals surface area contributed by atoms with Gasteiger partial charge in [-0.3, -0.25) is 0 Å². The third-order valence-electron chi connectivity index (χ3n) is 2.66. The van der Waals surface area contributed by atoms with Crippen LogP contribution in [0.15, 0.2) is 42.5 Å². The number of benzene rings is 2. The lowest BCUT2D eigenvalue weighted by Crippen LogP contribution is -1.99. The molecule has 2 aromatic rings. The van der Waals surface area contributed by atoms with Crippen molar-refractivity contribution in [2.24, 2.45) is 0 Å². The molecular formula is C14H10Cl3F. The van der Waals surface area contributed by atoms with Crippen molar-refractivity contribution in [1.82, 2.24) is 0 Å². The third-order valence-corrected chi connectivity index (χ3v) is 3.65. The van der Waals surface area contributed by atoms with E-state index in [1.54, 1.807) is 18.2 Å². The average molecular weight is 304 g/mol. The fourth-order valence-electron chi connectivity index (χ4n) is 1.72. The van der Waals surface area contributed by atoms with Crippen LogP contribution in [-0.2, 0) is 6.42 Å². The fourth-order valence-corrected chi connectivity index (χ4v) is 2.44. The minimum absolute atomic E-state index is 0.359. The van der Waals surface area contributed by atoms with Crippen LogP contribution in [0.1, 0.15) is 16.5 Å². The van der Waals surface area contributed by atoms with E-state index in [1.165, 1.54) is 6.07 Å². The molecule has 18 heavy (non-hydrogen) atoms. The summed E-state index contributed by atoms with van der Waals surface area (Å²) >= 11 is 18.0. The van der Waals surface area contributed by atoms with E-state index in [0.29, 0.717) is 22.0 Å². The Labute approximate surface area is 120 Å². The molecular weight excluding hydrogens is 294 g/mol. The first kappa shape index (κ1) is 13.7. The second-order valence-electron chi connectivity index (χ2n) is 3.93. The van der Waals surface area contributed by atoms with Gasteiger partial charge in [0.25, 0.3) is 0 Å². The number of rotatable bonds is 3. The van der Waals surface area contributed by atoms with Crippen LogP contribution in [0.25, 0.3) is 0 Å². The summed E-state index contributed by atoms with van der Waals surface area (Å²) in [7, 11) is 0. The van der Waals surface area contributed by atoms with E-state index in [2.05, 4.69) is 0 Å². The SMILES string of the molecule is Fc1cc(Cl)ccc1C(Cl)Cc1ccccc1Cl. The molecule has 0 saturated carbocycles. The molecule has 0 aromatic heterocycles. The van der Waals surface area contributed by atoms with Crippen LogP contribution < -0.4 is 0 Å². The van der Waals surface area contributed by atoms with Crippen LogP contribution >= 0.6 is 34.8 Å². The van der Waals surface area contributed by atoms with Gasteiger partial charge in [0.15, 0.2) is 0 Å². The van der Waals surface area contributed by atoms with E-state index >= 15 is 0 Å². The van der Waals surface area contributed by atoms with Crippen molar-refractivity contribution in [2.45, 2.75) is 11.8 Å². The van der Waals surface area contributed by atoms with Gasteiger partial charge >= 0.3 is 0 Å². The maximum atomic E-state index is 13.7. The van der Waals surface area contributed by atoms with Crippen LogP contribution in [0, 0.1) is 5.82 Å². The molecule has 2 aromatic carbocycles. The molecule has 0 bridgehead atoms. The molecule has 1 unspecified atom stereocenters. The Kier molecular flexibility index (Phi) is 4.50. The van der Waals surface area contributed by atoms with Crippen LogP contribution in [0.2, 0.25) is 10.0 Å². The monoisotopic (exact) mass is 302 g/mol. The molecule has 0 heterocycles. The molecule has 0 spiro atoms. The fraction of sp³-hybridized carbons (Fsp3) is 0.143. The molecule has 0 aliphatic rings. The van der Waals surface area contributed by atoms with Gasteiger partial charge in [-0.2, -0.15) is 0 Å². The normalized spacial score (nSPS) is 12.4. The quantitative estimate of drug-likeness (QED) is 0.642. The molecule has 0 radical (unpaired) electrons. The van der Waals surface area contributed by atoms with E-state index in [1.807, 2.05) is 18.2 Å². The second-order valence-corrected chi connectivity index (χ2v) is 5.30. The summed E-state index contributed by atoms with van der Waals surface area (Å²) in [5.74, 6) is -0.394. The molecule has 0 nitrogen and oxygen atoms in total. The molecule has 0 N–H and O–H groups in total. The zero-order valence-corrected chi connectivity index (χ0v) is 11.6. The van der Waals surface area contributed by atoms with Gasteiger partial charge in [-0.05, 0) is 30.2 Å². The van der Waals surface area contributed by atoms with Crippen molar-refractivity contribution in [3.63, 3.8) is 0 Å². The van der Waals surface area contributed by atoms with Gasteiger partial charge in [-0.1, -0.05) is 47.5 Å². The van der Waals surface area contributed by atoms with Crippen molar-refractivity contribution >= 4 is 34.8 Å². The molecule has 94 valence electrons.